The predicted octanol–water partition coefficient (Wildman–Crippen LogP) is 1.65. The van der Waals surface area contributed by atoms with E-state index in [0.717, 1.165) is 32.5 Å². The van der Waals surface area contributed by atoms with Gasteiger partial charge in [-0.2, -0.15) is 0 Å². The van der Waals surface area contributed by atoms with Crippen LogP contribution in [0.25, 0.3) is 0 Å². The van der Waals surface area contributed by atoms with E-state index in [1.807, 2.05) is 0 Å². The quantitative estimate of drug-likeness (QED) is 0.796. The van der Waals surface area contributed by atoms with Crippen LogP contribution in [0.1, 0.15) is 39.5 Å². The van der Waals surface area contributed by atoms with Gasteiger partial charge in [-0.1, -0.05) is 6.92 Å². The van der Waals surface area contributed by atoms with E-state index in [0.29, 0.717) is 24.5 Å². The highest BCUT2D eigenvalue weighted by molar-refractivity contribution is 5.83. The second-order valence-corrected chi connectivity index (χ2v) is 6.38. The minimum atomic E-state index is -0.178. The number of hydrogen-bond acceptors (Lipinski definition) is 3. The molecule has 0 radical (unpaired) electrons. The number of carbonyl (C=O) groups is 1. The van der Waals surface area contributed by atoms with Crippen molar-refractivity contribution in [1.29, 1.82) is 0 Å². The van der Waals surface area contributed by atoms with Gasteiger partial charge in [-0.3, -0.25) is 4.79 Å². The Bertz CT molecular complexity index is 309. The molecule has 0 aromatic carbocycles. The SMILES string of the molecule is COCCN(C(=O)C1(C)CCNCC1)C(C)C1CC1. The Labute approximate surface area is 116 Å². The highest BCUT2D eigenvalue weighted by atomic mass is 16.5. The molecule has 1 heterocycles. The Balaban J connectivity index is 2.04. The molecule has 1 atom stereocenters. The number of amides is 1. The van der Waals surface area contributed by atoms with Crippen molar-refractivity contribution in [3.63, 3.8) is 0 Å². The summed E-state index contributed by atoms with van der Waals surface area (Å²) in [6.45, 7) is 7.62. The molecule has 1 aliphatic heterocycles. The molecule has 2 aliphatic rings. The van der Waals surface area contributed by atoms with Crippen LogP contribution in [-0.4, -0.2) is 50.2 Å². The molecule has 2 fully saturated rings. The van der Waals surface area contributed by atoms with E-state index in [9.17, 15) is 4.79 Å². The molecule has 1 saturated heterocycles. The summed E-state index contributed by atoms with van der Waals surface area (Å²) in [7, 11) is 1.71. The first-order chi connectivity index (χ1) is 9.08. The monoisotopic (exact) mass is 268 g/mol. The summed E-state index contributed by atoms with van der Waals surface area (Å²) < 4.78 is 5.19. The maximum absolute atomic E-state index is 12.9. The largest absolute Gasteiger partial charge is 0.383 e. The van der Waals surface area contributed by atoms with E-state index in [4.69, 9.17) is 4.74 Å². The Morgan fingerprint density at radius 2 is 2.05 bits per heavy atom. The first-order valence-electron chi connectivity index (χ1n) is 7.59. The van der Waals surface area contributed by atoms with Crippen molar-refractivity contribution in [2.75, 3.05) is 33.4 Å². The van der Waals surface area contributed by atoms with E-state index in [1.54, 1.807) is 7.11 Å². The van der Waals surface area contributed by atoms with Gasteiger partial charge in [0.2, 0.25) is 5.91 Å². The van der Waals surface area contributed by atoms with Crippen molar-refractivity contribution < 1.29 is 9.53 Å². The van der Waals surface area contributed by atoms with Gasteiger partial charge in [0.05, 0.1) is 6.61 Å². The van der Waals surface area contributed by atoms with Crippen LogP contribution in [0.4, 0.5) is 0 Å². The standard InChI is InChI=1S/C15H28N2O2/c1-12(13-4-5-13)17(10-11-19-3)14(18)15(2)6-8-16-9-7-15/h12-13,16H,4-11H2,1-3H3. The number of ether oxygens (including phenoxy) is 1. The third-order valence-electron chi connectivity index (χ3n) is 4.82. The topological polar surface area (TPSA) is 41.6 Å². The van der Waals surface area contributed by atoms with Crippen LogP contribution in [0, 0.1) is 11.3 Å². The van der Waals surface area contributed by atoms with Crippen LogP contribution in [-0.2, 0) is 9.53 Å². The summed E-state index contributed by atoms with van der Waals surface area (Å²) in [4.78, 5) is 15.0. The zero-order valence-electron chi connectivity index (χ0n) is 12.6. The third kappa shape index (κ3) is 3.48. The average Bonchev–Trinajstić information content (AvgIpc) is 3.24. The van der Waals surface area contributed by atoms with Gasteiger partial charge in [0.15, 0.2) is 0 Å². The van der Waals surface area contributed by atoms with Gasteiger partial charge in [-0.15, -0.1) is 0 Å². The summed E-state index contributed by atoms with van der Waals surface area (Å²) in [5.74, 6) is 1.05. The Kier molecular flexibility index (Phi) is 4.85. The summed E-state index contributed by atoms with van der Waals surface area (Å²) in [5.41, 5.74) is -0.178. The highest BCUT2D eigenvalue weighted by Gasteiger charge is 2.42. The fraction of sp³-hybridized carbons (Fsp3) is 0.933. The van der Waals surface area contributed by atoms with Crippen molar-refractivity contribution in [3.05, 3.63) is 0 Å². The smallest absolute Gasteiger partial charge is 0.228 e. The Hall–Kier alpha value is -0.610. The molecular formula is C15H28N2O2. The van der Waals surface area contributed by atoms with Gasteiger partial charge in [-0.05, 0) is 51.6 Å². The summed E-state index contributed by atoms with van der Waals surface area (Å²) in [6, 6.07) is 0.370. The zero-order valence-corrected chi connectivity index (χ0v) is 12.6. The number of nitrogens with one attached hydrogen (secondary N) is 1. The van der Waals surface area contributed by atoms with Crippen LogP contribution >= 0.6 is 0 Å². The molecule has 110 valence electrons. The number of rotatable bonds is 6. The molecule has 1 N–H and O–H groups in total. The molecule has 0 aromatic heterocycles. The van der Waals surface area contributed by atoms with E-state index in [1.165, 1.54) is 12.8 Å². The zero-order chi connectivity index (χ0) is 13.9. The van der Waals surface area contributed by atoms with Gasteiger partial charge >= 0.3 is 0 Å². The molecule has 0 spiro atoms. The highest BCUT2D eigenvalue weighted by Crippen LogP contribution is 2.38. The molecule has 0 bridgehead atoms. The van der Waals surface area contributed by atoms with Gasteiger partial charge in [0.25, 0.3) is 0 Å². The first kappa shape index (κ1) is 14.8. The normalized spacial score (nSPS) is 23.9. The second-order valence-electron chi connectivity index (χ2n) is 6.38. The van der Waals surface area contributed by atoms with Crippen LogP contribution in [0.3, 0.4) is 0 Å². The molecule has 4 heteroatoms. The van der Waals surface area contributed by atoms with Gasteiger partial charge in [0, 0.05) is 25.1 Å². The average molecular weight is 268 g/mol. The van der Waals surface area contributed by atoms with Crippen LogP contribution in [0.15, 0.2) is 0 Å². The molecule has 1 aliphatic carbocycles. The van der Waals surface area contributed by atoms with Crippen LogP contribution in [0.2, 0.25) is 0 Å². The van der Waals surface area contributed by atoms with E-state index < -0.39 is 0 Å². The van der Waals surface area contributed by atoms with Crippen molar-refractivity contribution in [1.82, 2.24) is 10.2 Å². The number of hydrogen-bond donors (Lipinski definition) is 1. The number of nitrogens with zero attached hydrogens (tertiary/aromatic N) is 1. The molecule has 19 heavy (non-hydrogen) atoms. The predicted molar refractivity (Wildman–Crippen MR) is 76.0 cm³/mol. The van der Waals surface area contributed by atoms with E-state index in [-0.39, 0.29) is 5.41 Å². The van der Waals surface area contributed by atoms with Crippen molar-refractivity contribution >= 4 is 5.91 Å². The molecule has 1 unspecified atom stereocenters. The summed E-state index contributed by atoms with van der Waals surface area (Å²) >= 11 is 0. The molecule has 0 aromatic rings. The lowest BCUT2D eigenvalue weighted by Gasteiger charge is -2.40. The minimum absolute atomic E-state index is 0.178. The Morgan fingerprint density at radius 1 is 1.42 bits per heavy atom. The van der Waals surface area contributed by atoms with Crippen molar-refractivity contribution in [2.45, 2.75) is 45.6 Å². The lowest BCUT2D eigenvalue weighted by molar-refractivity contribution is -0.146. The molecule has 1 amide bonds. The van der Waals surface area contributed by atoms with Crippen LogP contribution < -0.4 is 5.32 Å². The fourth-order valence-corrected chi connectivity index (χ4v) is 3.05. The van der Waals surface area contributed by atoms with Crippen molar-refractivity contribution in [3.8, 4) is 0 Å². The maximum Gasteiger partial charge on any atom is 0.228 e. The van der Waals surface area contributed by atoms with E-state index >= 15 is 0 Å². The molecule has 2 rings (SSSR count). The Morgan fingerprint density at radius 3 is 2.58 bits per heavy atom. The van der Waals surface area contributed by atoms with Gasteiger partial charge < -0.3 is 15.0 Å². The number of carbonyl (C=O) groups excluding carboxylic acids is 1. The lowest BCUT2D eigenvalue weighted by atomic mass is 9.79. The first-order valence-corrected chi connectivity index (χ1v) is 7.59. The minimum Gasteiger partial charge on any atom is -0.383 e. The molecule has 4 nitrogen and oxygen atoms in total. The lowest BCUT2D eigenvalue weighted by Crippen LogP contribution is -2.52. The fourth-order valence-electron chi connectivity index (χ4n) is 3.05. The van der Waals surface area contributed by atoms with Crippen LogP contribution in [0.5, 0.6) is 0 Å². The molecular weight excluding hydrogens is 240 g/mol. The summed E-state index contributed by atoms with van der Waals surface area (Å²) in [5, 5.41) is 3.35. The van der Waals surface area contributed by atoms with E-state index in [2.05, 4.69) is 24.1 Å². The van der Waals surface area contributed by atoms with Gasteiger partial charge in [-0.25, -0.2) is 0 Å². The maximum atomic E-state index is 12.9. The number of piperidine rings is 1. The van der Waals surface area contributed by atoms with Gasteiger partial charge in [0.1, 0.15) is 0 Å². The number of methoxy groups -OCH3 is 1. The second kappa shape index (κ2) is 6.23. The molecule has 1 saturated carbocycles. The third-order valence-corrected chi connectivity index (χ3v) is 4.82. The summed E-state index contributed by atoms with van der Waals surface area (Å²) in [6.07, 6.45) is 4.45. The van der Waals surface area contributed by atoms with Crippen molar-refractivity contribution in [2.24, 2.45) is 11.3 Å².